The normalized spacial score (nSPS) is 11.5. The number of hydrogen-bond acceptors (Lipinski definition) is 2. The number of nitrogens with one attached hydrogen (secondary N) is 1. The maximum Gasteiger partial charge on any atom is 0.248 e. The first-order chi connectivity index (χ1) is 14.2. The summed E-state index contributed by atoms with van der Waals surface area (Å²) in [6, 6.07) is 21.8. The van der Waals surface area contributed by atoms with E-state index in [1.54, 1.807) is 42.5 Å². The molecule has 0 saturated heterocycles. The number of benzene rings is 3. The monoisotopic (exact) mass is 417 g/mol. The highest BCUT2D eigenvalue weighted by atomic mass is 35.5. The van der Waals surface area contributed by atoms with Crippen molar-refractivity contribution in [3.8, 4) is 0 Å². The van der Waals surface area contributed by atoms with Crippen molar-refractivity contribution in [2.45, 2.75) is 26.2 Å². The van der Waals surface area contributed by atoms with Gasteiger partial charge >= 0.3 is 0 Å². The molecular weight excluding hydrogens is 394 g/mol. The first-order valence-corrected chi connectivity index (χ1v) is 10.1. The summed E-state index contributed by atoms with van der Waals surface area (Å²) in [7, 11) is 0. The van der Waals surface area contributed by atoms with Gasteiger partial charge in [-0.3, -0.25) is 9.59 Å². The molecule has 0 heterocycles. The predicted octanol–water partition coefficient (Wildman–Crippen LogP) is 6.52. The van der Waals surface area contributed by atoms with Gasteiger partial charge in [0.1, 0.15) is 0 Å². The van der Waals surface area contributed by atoms with Crippen molar-refractivity contribution in [1.82, 2.24) is 0 Å². The smallest absolute Gasteiger partial charge is 0.248 e. The van der Waals surface area contributed by atoms with E-state index in [0.717, 1.165) is 5.56 Å². The molecule has 0 aliphatic rings. The molecule has 0 unspecified atom stereocenters. The van der Waals surface area contributed by atoms with E-state index in [-0.39, 0.29) is 17.1 Å². The molecule has 3 aromatic carbocycles. The first kappa shape index (κ1) is 21.5. The van der Waals surface area contributed by atoms with Crippen molar-refractivity contribution in [2.24, 2.45) is 0 Å². The molecule has 1 amide bonds. The lowest BCUT2D eigenvalue weighted by molar-refractivity contribution is -0.111. The molecule has 0 aliphatic heterocycles. The van der Waals surface area contributed by atoms with Crippen LogP contribution in [0.3, 0.4) is 0 Å². The van der Waals surface area contributed by atoms with Gasteiger partial charge in [0.15, 0.2) is 5.78 Å². The third-order valence-electron chi connectivity index (χ3n) is 4.70. The third kappa shape index (κ3) is 5.68. The fraction of sp³-hybridized carbons (Fsp3) is 0.154. The minimum absolute atomic E-state index is 0.0330. The van der Waals surface area contributed by atoms with Gasteiger partial charge in [-0.2, -0.15) is 0 Å². The van der Waals surface area contributed by atoms with E-state index in [0.29, 0.717) is 21.8 Å². The summed E-state index contributed by atoms with van der Waals surface area (Å²) in [5.41, 5.74) is 3.79. The molecular formula is C26H24ClNO2. The maximum atomic E-state index is 12.8. The van der Waals surface area contributed by atoms with Gasteiger partial charge in [0.2, 0.25) is 5.91 Å². The summed E-state index contributed by atoms with van der Waals surface area (Å²) >= 11 is 5.86. The van der Waals surface area contributed by atoms with Gasteiger partial charge in [-0.05, 0) is 46.9 Å². The van der Waals surface area contributed by atoms with Crippen molar-refractivity contribution in [2.75, 3.05) is 5.32 Å². The molecule has 0 fully saturated rings. The Bertz CT molecular complexity index is 1080. The zero-order valence-electron chi connectivity index (χ0n) is 17.3. The Morgan fingerprint density at radius 2 is 1.53 bits per heavy atom. The second-order valence-electron chi connectivity index (χ2n) is 8.11. The van der Waals surface area contributed by atoms with Crippen LogP contribution in [-0.4, -0.2) is 11.7 Å². The van der Waals surface area contributed by atoms with Gasteiger partial charge in [-0.1, -0.05) is 80.9 Å². The van der Waals surface area contributed by atoms with Crippen molar-refractivity contribution < 1.29 is 9.59 Å². The Morgan fingerprint density at radius 3 is 2.17 bits per heavy atom. The number of amides is 1. The van der Waals surface area contributed by atoms with Crippen LogP contribution in [0.5, 0.6) is 0 Å². The SMILES string of the molecule is CC(C)(C)c1ccc(C(=O)c2cccc(NC(=O)/C=C/c3ccc(Cl)cc3)c2)cc1. The molecule has 152 valence electrons. The van der Waals surface area contributed by atoms with Crippen LogP contribution in [0.15, 0.2) is 78.9 Å². The van der Waals surface area contributed by atoms with Crippen molar-refractivity contribution >= 4 is 35.1 Å². The lowest BCUT2D eigenvalue weighted by Crippen LogP contribution is -2.11. The molecule has 0 aliphatic carbocycles. The van der Waals surface area contributed by atoms with Crippen LogP contribution in [0.1, 0.15) is 47.8 Å². The van der Waals surface area contributed by atoms with E-state index in [4.69, 9.17) is 11.6 Å². The molecule has 4 heteroatoms. The Morgan fingerprint density at radius 1 is 0.867 bits per heavy atom. The van der Waals surface area contributed by atoms with Crippen LogP contribution in [0.25, 0.3) is 6.08 Å². The van der Waals surface area contributed by atoms with Gasteiger partial charge in [-0.15, -0.1) is 0 Å². The number of hydrogen-bond donors (Lipinski definition) is 1. The molecule has 0 aromatic heterocycles. The second-order valence-corrected chi connectivity index (χ2v) is 8.55. The Balaban J connectivity index is 1.70. The van der Waals surface area contributed by atoms with Gasteiger partial charge in [-0.25, -0.2) is 0 Å². The van der Waals surface area contributed by atoms with E-state index < -0.39 is 0 Å². The van der Waals surface area contributed by atoms with Crippen LogP contribution in [0, 0.1) is 0 Å². The number of rotatable bonds is 5. The number of ketones is 1. The van der Waals surface area contributed by atoms with Gasteiger partial charge < -0.3 is 5.32 Å². The molecule has 30 heavy (non-hydrogen) atoms. The van der Waals surface area contributed by atoms with E-state index in [1.165, 1.54) is 11.6 Å². The summed E-state index contributed by atoms with van der Waals surface area (Å²) < 4.78 is 0. The van der Waals surface area contributed by atoms with E-state index in [1.807, 2.05) is 36.4 Å². The number of anilines is 1. The average Bonchev–Trinajstić information content (AvgIpc) is 2.72. The highest BCUT2D eigenvalue weighted by Crippen LogP contribution is 2.23. The van der Waals surface area contributed by atoms with E-state index in [9.17, 15) is 9.59 Å². The number of halogens is 1. The molecule has 0 radical (unpaired) electrons. The van der Waals surface area contributed by atoms with E-state index in [2.05, 4.69) is 26.1 Å². The van der Waals surface area contributed by atoms with E-state index >= 15 is 0 Å². The summed E-state index contributed by atoms with van der Waals surface area (Å²) in [6.07, 6.45) is 3.15. The Kier molecular flexibility index (Phi) is 6.53. The second kappa shape index (κ2) is 9.10. The van der Waals surface area contributed by atoms with Crippen LogP contribution < -0.4 is 5.32 Å². The molecule has 0 atom stereocenters. The molecule has 3 nitrogen and oxygen atoms in total. The van der Waals surface area contributed by atoms with Gasteiger partial charge in [0.05, 0.1) is 0 Å². The summed E-state index contributed by atoms with van der Waals surface area (Å²) in [5, 5.41) is 3.44. The Labute approximate surface area is 182 Å². The van der Waals surface area contributed by atoms with Gasteiger partial charge in [0.25, 0.3) is 0 Å². The molecule has 0 spiro atoms. The molecule has 3 aromatic rings. The standard InChI is InChI=1S/C26H24ClNO2/c1-26(2,3)21-12-10-19(11-13-21)25(30)20-5-4-6-23(17-20)28-24(29)16-9-18-7-14-22(27)15-8-18/h4-17H,1-3H3,(H,28,29)/b16-9+. The van der Waals surface area contributed by atoms with Crippen LogP contribution in [-0.2, 0) is 10.2 Å². The summed E-state index contributed by atoms with van der Waals surface area (Å²) in [5.74, 6) is -0.354. The van der Waals surface area contributed by atoms with Gasteiger partial charge in [0, 0.05) is 27.9 Å². The number of carbonyl (C=O) groups excluding carboxylic acids is 2. The molecule has 0 saturated carbocycles. The minimum atomic E-state index is -0.274. The fourth-order valence-corrected chi connectivity index (χ4v) is 3.08. The lowest BCUT2D eigenvalue weighted by Gasteiger charge is -2.19. The predicted molar refractivity (Wildman–Crippen MR) is 124 cm³/mol. The zero-order valence-corrected chi connectivity index (χ0v) is 18.0. The average molecular weight is 418 g/mol. The third-order valence-corrected chi connectivity index (χ3v) is 4.95. The maximum absolute atomic E-state index is 12.8. The van der Waals surface area contributed by atoms with Crippen LogP contribution >= 0.6 is 11.6 Å². The molecule has 0 bridgehead atoms. The van der Waals surface area contributed by atoms with Crippen LogP contribution in [0.4, 0.5) is 5.69 Å². The minimum Gasteiger partial charge on any atom is -0.322 e. The number of carbonyl (C=O) groups is 2. The highest BCUT2D eigenvalue weighted by Gasteiger charge is 2.15. The Hall–Kier alpha value is -3.17. The quantitative estimate of drug-likeness (QED) is 0.379. The fourth-order valence-electron chi connectivity index (χ4n) is 2.96. The molecule has 1 N–H and O–H groups in total. The van der Waals surface area contributed by atoms with Crippen LogP contribution in [0.2, 0.25) is 5.02 Å². The summed E-state index contributed by atoms with van der Waals surface area (Å²) in [4.78, 5) is 25.1. The van der Waals surface area contributed by atoms with Crippen molar-refractivity contribution in [3.63, 3.8) is 0 Å². The molecule has 3 rings (SSSR count). The topological polar surface area (TPSA) is 46.2 Å². The highest BCUT2D eigenvalue weighted by molar-refractivity contribution is 6.30. The van der Waals surface area contributed by atoms with Crippen molar-refractivity contribution in [1.29, 1.82) is 0 Å². The summed E-state index contributed by atoms with van der Waals surface area (Å²) in [6.45, 7) is 6.41. The van der Waals surface area contributed by atoms with Crippen molar-refractivity contribution in [3.05, 3.63) is 106 Å². The zero-order chi connectivity index (χ0) is 21.7. The lowest BCUT2D eigenvalue weighted by atomic mass is 9.86. The first-order valence-electron chi connectivity index (χ1n) is 9.72. The largest absolute Gasteiger partial charge is 0.322 e.